The lowest BCUT2D eigenvalue weighted by Crippen LogP contribution is -2.22. The highest BCUT2D eigenvalue weighted by atomic mass is 14.9. The third-order valence-corrected chi connectivity index (χ3v) is 6.92. The summed E-state index contributed by atoms with van der Waals surface area (Å²) < 4.78 is 0. The number of nitrogens with one attached hydrogen (secondary N) is 2. The number of hydrogen-bond acceptors (Lipinski definition) is 2. The van der Waals surface area contributed by atoms with Crippen molar-refractivity contribution in [1.82, 2.24) is 0 Å². The minimum Gasteiger partial charge on any atom is -0.378 e. The molecule has 35 heavy (non-hydrogen) atoms. The van der Waals surface area contributed by atoms with Crippen molar-refractivity contribution in [3.8, 4) is 0 Å². The van der Waals surface area contributed by atoms with Crippen LogP contribution in [0.4, 0.5) is 11.4 Å². The zero-order valence-electron chi connectivity index (χ0n) is 24.2. The normalized spacial score (nSPS) is 13.8. The third-order valence-electron chi connectivity index (χ3n) is 6.92. The van der Waals surface area contributed by atoms with Crippen molar-refractivity contribution in [1.29, 1.82) is 0 Å². The van der Waals surface area contributed by atoms with Crippen molar-refractivity contribution in [3.63, 3.8) is 0 Å². The molecule has 0 aliphatic heterocycles. The van der Waals surface area contributed by atoms with Gasteiger partial charge in [0.05, 0.1) is 0 Å². The molecular weight excluding hydrogens is 424 g/mol. The van der Waals surface area contributed by atoms with Crippen LogP contribution in [0.5, 0.6) is 0 Å². The van der Waals surface area contributed by atoms with E-state index in [0.29, 0.717) is 0 Å². The SMILES string of the molecule is C=CC(CC)Nc1c(C)cc(Cc2cc(C)c(NC(C=C)CC)c(C(C)(C)C)c2)cc1C(C)(C)C. The van der Waals surface area contributed by atoms with E-state index in [1.807, 2.05) is 12.2 Å². The van der Waals surface area contributed by atoms with Gasteiger partial charge in [0.15, 0.2) is 0 Å². The van der Waals surface area contributed by atoms with Gasteiger partial charge < -0.3 is 10.6 Å². The van der Waals surface area contributed by atoms with Crippen molar-refractivity contribution in [3.05, 3.63) is 83.0 Å². The highest BCUT2D eigenvalue weighted by Gasteiger charge is 2.24. The molecule has 2 aromatic carbocycles. The Kier molecular flexibility index (Phi) is 9.45. The van der Waals surface area contributed by atoms with E-state index in [2.05, 4.69) is 117 Å². The molecule has 0 saturated carbocycles. The molecule has 0 radical (unpaired) electrons. The zero-order valence-corrected chi connectivity index (χ0v) is 24.2. The van der Waals surface area contributed by atoms with E-state index in [9.17, 15) is 0 Å². The van der Waals surface area contributed by atoms with Crippen LogP contribution in [0, 0.1) is 13.8 Å². The fourth-order valence-electron chi connectivity index (χ4n) is 4.76. The third kappa shape index (κ3) is 7.26. The summed E-state index contributed by atoms with van der Waals surface area (Å²) in [6.07, 6.45) is 7.00. The van der Waals surface area contributed by atoms with Gasteiger partial charge in [0.25, 0.3) is 0 Å². The Morgan fingerprint density at radius 3 is 1.29 bits per heavy atom. The number of rotatable bonds is 10. The Hall–Kier alpha value is -2.48. The molecule has 0 aliphatic carbocycles. The van der Waals surface area contributed by atoms with Crippen molar-refractivity contribution >= 4 is 11.4 Å². The highest BCUT2D eigenvalue weighted by molar-refractivity contribution is 5.64. The molecule has 2 N–H and O–H groups in total. The maximum atomic E-state index is 4.02. The molecule has 2 nitrogen and oxygen atoms in total. The van der Waals surface area contributed by atoms with Crippen molar-refractivity contribution < 1.29 is 0 Å². The number of hydrogen-bond donors (Lipinski definition) is 2. The second kappa shape index (κ2) is 11.5. The minimum absolute atomic E-state index is 0.0443. The summed E-state index contributed by atoms with van der Waals surface area (Å²) in [4.78, 5) is 0. The molecule has 0 bridgehead atoms. The van der Waals surface area contributed by atoms with E-state index >= 15 is 0 Å². The van der Waals surface area contributed by atoms with Crippen LogP contribution in [0.1, 0.15) is 102 Å². The topological polar surface area (TPSA) is 24.1 Å². The van der Waals surface area contributed by atoms with Crippen LogP contribution in [0.15, 0.2) is 49.6 Å². The van der Waals surface area contributed by atoms with Gasteiger partial charge >= 0.3 is 0 Å². The van der Waals surface area contributed by atoms with Crippen LogP contribution in [0.3, 0.4) is 0 Å². The van der Waals surface area contributed by atoms with Gasteiger partial charge in [-0.1, -0.05) is 91.8 Å². The van der Waals surface area contributed by atoms with Crippen LogP contribution < -0.4 is 10.6 Å². The van der Waals surface area contributed by atoms with E-state index in [1.54, 1.807) is 0 Å². The van der Waals surface area contributed by atoms with Crippen LogP contribution in [0.2, 0.25) is 0 Å². The molecule has 0 aliphatic rings. The summed E-state index contributed by atoms with van der Waals surface area (Å²) in [5.41, 5.74) is 10.7. The van der Waals surface area contributed by atoms with Gasteiger partial charge in [0, 0.05) is 23.5 Å². The molecule has 192 valence electrons. The quantitative estimate of drug-likeness (QED) is 0.335. The summed E-state index contributed by atoms with van der Waals surface area (Å²) in [6.45, 7) is 30.7. The molecule has 2 rings (SSSR count). The fourth-order valence-corrected chi connectivity index (χ4v) is 4.76. The zero-order chi connectivity index (χ0) is 26.6. The average Bonchev–Trinajstić information content (AvgIpc) is 2.76. The van der Waals surface area contributed by atoms with E-state index in [4.69, 9.17) is 0 Å². The molecule has 0 amide bonds. The van der Waals surface area contributed by atoms with Gasteiger partial charge in [-0.25, -0.2) is 0 Å². The summed E-state index contributed by atoms with van der Waals surface area (Å²) in [6, 6.07) is 10.1. The first-order valence-corrected chi connectivity index (χ1v) is 13.3. The number of anilines is 2. The molecule has 2 unspecified atom stereocenters. The number of aryl methyl sites for hydroxylation is 2. The van der Waals surface area contributed by atoms with Crippen molar-refractivity contribution in [2.45, 2.75) is 111 Å². The summed E-state index contributed by atoms with van der Waals surface area (Å²) in [5, 5.41) is 7.51. The fraction of sp³-hybridized carbons (Fsp3) is 0.515. The molecule has 0 saturated heterocycles. The Morgan fingerprint density at radius 1 is 0.686 bits per heavy atom. The van der Waals surface area contributed by atoms with E-state index in [1.165, 1.54) is 44.8 Å². The first-order valence-electron chi connectivity index (χ1n) is 13.3. The van der Waals surface area contributed by atoms with Crippen LogP contribution in [-0.4, -0.2) is 12.1 Å². The summed E-state index contributed by atoms with van der Waals surface area (Å²) in [5.74, 6) is 0. The Labute approximate surface area is 216 Å². The van der Waals surface area contributed by atoms with Crippen molar-refractivity contribution in [2.24, 2.45) is 0 Å². The predicted molar refractivity (Wildman–Crippen MR) is 158 cm³/mol. The van der Waals surface area contributed by atoms with Crippen molar-refractivity contribution in [2.75, 3.05) is 10.6 Å². The molecule has 0 aromatic heterocycles. The molecule has 2 atom stereocenters. The summed E-state index contributed by atoms with van der Waals surface area (Å²) in [7, 11) is 0. The lowest BCUT2D eigenvalue weighted by Gasteiger charge is -2.29. The van der Waals surface area contributed by atoms with E-state index in [-0.39, 0.29) is 22.9 Å². The Morgan fingerprint density at radius 2 is 1.03 bits per heavy atom. The van der Waals surface area contributed by atoms with Gasteiger partial charge in [-0.15, -0.1) is 13.2 Å². The maximum Gasteiger partial charge on any atom is 0.0439 e. The molecular formula is C33H50N2. The second-order valence-electron chi connectivity index (χ2n) is 12.1. The Balaban J connectivity index is 2.56. The van der Waals surface area contributed by atoms with Crippen LogP contribution in [0.25, 0.3) is 0 Å². The number of benzene rings is 2. The Bertz CT molecular complexity index is 947. The highest BCUT2D eigenvalue weighted by Crippen LogP contribution is 2.37. The first kappa shape index (κ1) is 28.8. The smallest absolute Gasteiger partial charge is 0.0439 e. The average molecular weight is 475 g/mol. The van der Waals surface area contributed by atoms with E-state index < -0.39 is 0 Å². The molecule has 0 fully saturated rings. The monoisotopic (exact) mass is 474 g/mol. The van der Waals surface area contributed by atoms with Gasteiger partial charge in [0.2, 0.25) is 0 Å². The standard InChI is InChI=1S/C33H50N2/c1-13-26(14-2)34-30-22(5)17-24(20-28(30)32(7,8)9)19-25-18-23(6)31(35-27(15-3)16-4)29(21-25)33(10,11)12/h13,15,17-18,20-21,26-27,34-35H,1,3,14,16,19H2,2,4-12H3. The molecule has 0 spiro atoms. The maximum absolute atomic E-state index is 4.02. The van der Waals surface area contributed by atoms with Gasteiger partial charge in [-0.3, -0.25) is 0 Å². The van der Waals surface area contributed by atoms with Gasteiger partial charge in [0.1, 0.15) is 0 Å². The minimum atomic E-state index is 0.0443. The van der Waals surface area contributed by atoms with Gasteiger partial charge in [-0.05, 0) is 77.3 Å². The molecule has 2 heteroatoms. The van der Waals surface area contributed by atoms with Crippen LogP contribution in [-0.2, 0) is 17.3 Å². The second-order valence-corrected chi connectivity index (χ2v) is 12.1. The van der Waals surface area contributed by atoms with E-state index in [0.717, 1.165) is 19.3 Å². The molecule has 0 heterocycles. The molecule has 2 aromatic rings. The van der Waals surface area contributed by atoms with Gasteiger partial charge in [-0.2, -0.15) is 0 Å². The lowest BCUT2D eigenvalue weighted by atomic mass is 9.81. The largest absolute Gasteiger partial charge is 0.378 e. The predicted octanol–water partition coefficient (Wildman–Crippen LogP) is 9.24. The lowest BCUT2D eigenvalue weighted by molar-refractivity contribution is 0.588. The van der Waals surface area contributed by atoms with Crippen LogP contribution >= 0.6 is 0 Å². The summed E-state index contributed by atoms with van der Waals surface area (Å²) >= 11 is 0. The first-order chi connectivity index (χ1) is 16.2.